The fourth-order valence-corrected chi connectivity index (χ4v) is 0.618. The van der Waals surface area contributed by atoms with E-state index in [-0.39, 0.29) is 5.97 Å². The van der Waals surface area contributed by atoms with Gasteiger partial charge in [-0.2, -0.15) is 0 Å². The second-order valence-electron chi connectivity index (χ2n) is 3.26. The van der Waals surface area contributed by atoms with E-state index in [1.165, 1.54) is 0 Å². The number of carbonyl (C=O) groups excluding carboxylic acids is 1. The number of esters is 1. The molecule has 0 aliphatic rings. The molecule has 0 saturated carbocycles. The van der Waals surface area contributed by atoms with E-state index in [0.717, 1.165) is 12.8 Å². The van der Waals surface area contributed by atoms with Gasteiger partial charge in [-0.15, -0.1) is 0 Å². The standard InChI is InChI=1S/C9H19NO2/c1-4-6-7-12-8(11)9(3,10)5-2/h4-7,10H2,1-3H3/t9-/m1/s1. The summed E-state index contributed by atoms with van der Waals surface area (Å²) in [6.07, 6.45) is 2.55. The second kappa shape index (κ2) is 5.14. The molecule has 0 unspecified atom stereocenters. The summed E-state index contributed by atoms with van der Waals surface area (Å²) >= 11 is 0. The lowest BCUT2D eigenvalue weighted by Gasteiger charge is -2.20. The number of unbranched alkanes of at least 4 members (excludes halogenated alkanes) is 1. The van der Waals surface area contributed by atoms with Crippen LogP contribution >= 0.6 is 0 Å². The number of hydrogen-bond donors (Lipinski definition) is 1. The van der Waals surface area contributed by atoms with Gasteiger partial charge in [-0.05, 0) is 19.8 Å². The summed E-state index contributed by atoms with van der Waals surface area (Å²) in [4.78, 5) is 11.2. The summed E-state index contributed by atoms with van der Waals surface area (Å²) in [5.41, 5.74) is 4.86. The molecule has 0 fully saturated rings. The molecule has 0 rings (SSSR count). The van der Waals surface area contributed by atoms with Crippen molar-refractivity contribution >= 4 is 5.97 Å². The minimum atomic E-state index is -0.812. The van der Waals surface area contributed by atoms with Crippen molar-refractivity contribution in [2.75, 3.05) is 6.61 Å². The molecule has 0 heterocycles. The molecule has 0 saturated heterocycles. The Morgan fingerprint density at radius 2 is 2.08 bits per heavy atom. The van der Waals surface area contributed by atoms with E-state index in [2.05, 4.69) is 6.92 Å². The summed E-state index contributed by atoms with van der Waals surface area (Å²) in [6, 6.07) is 0. The largest absolute Gasteiger partial charge is 0.464 e. The molecule has 0 aromatic carbocycles. The first-order valence-electron chi connectivity index (χ1n) is 4.50. The van der Waals surface area contributed by atoms with Crippen LogP contribution in [0, 0.1) is 0 Å². The van der Waals surface area contributed by atoms with Gasteiger partial charge in [-0.25, -0.2) is 0 Å². The summed E-state index contributed by atoms with van der Waals surface area (Å²) in [5.74, 6) is -0.293. The highest BCUT2D eigenvalue weighted by atomic mass is 16.5. The SMILES string of the molecule is CCCCOC(=O)[C@](C)(N)CC. The third-order valence-electron chi connectivity index (χ3n) is 1.93. The van der Waals surface area contributed by atoms with Gasteiger partial charge in [0.25, 0.3) is 0 Å². The van der Waals surface area contributed by atoms with Gasteiger partial charge < -0.3 is 10.5 Å². The Kier molecular flexibility index (Phi) is 4.90. The molecule has 3 heteroatoms. The average Bonchev–Trinajstić information content (AvgIpc) is 2.05. The van der Waals surface area contributed by atoms with E-state index >= 15 is 0 Å². The third kappa shape index (κ3) is 3.72. The Hall–Kier alpha value is -0.570. The molecule has 1 atom stereocenters. The van der Waals surface area contributed by atoms with E-state index in [4.69, 9.17) is 10.5 Å². The maximum Gasteiger partial charge on any atom is 0.325 e. The first-order chi connectivity index (χ1) is 5.54. The second-order valence-corrected chi connectivity index (χ2v) is 3.26. The number of ether oxygens (including phenoxy) is 1. The maximum absolute atomic E-state index is 11.2. The van der Waals surface area contributed by atoms with E-state index in [0.29, 0.717) is 13.0 Å². The Morgan fingerprint density at radius 3 is 2.50 bits per heavy atom. The monoisotopic (exact) mass is 173 g/mol. The first kappa shape index (κ1) is 11.4. The third-order valence-corrected chi connectivity index (χ3v) is 1.93. The Labute approximate surface area is 74.3 Å². The molecule has 2 N–H and O–H groups in total. The molecule has 0 amide bonds. The average molecular weight is 173 g/mol. The highest BCUT2D eigenvalue weighted by molar-refractivity contribution is 5.79. The van der Waals surface area contributed by atoms with E-state index in [1.54, 1.807) is 6.92 Å². The number of carbonyl (C=O) groups is 1. The van der Waals surface area contributed by atoms with Crippen LogP contribution < -0.4 is 5.73 Å². The smallest absolute Gasteiger partial charge is 0.325 e. The highest BCUT2D eigenvalue weighted by Gasteiger charge is 2.27. The van der Waals surface area contributed by atoms with Crippen LogP contribution in [0.4, 0.5) is 0 Å². The van der Waals surface area contributed by atoms with Crippen LogP contribution in [0.1, 0.15) is 40.0 Å². The van der Waals surface area contributed by atoms with E-state index in [9.17, 15) is 4.79 Å². The van der Waals surface area contributed by atoms with E-state index in [1.807, 2.05) is 6.92 Å². The van der Waals surface area contributed by atoms with Crippen molar-refractivity contribution in [1.29, 1.82) is 0 Å². The van der Waals surface area contributed by atoms with Crippen LogP contribution in [-0.2, 0) is 9.53 Å². The van der Waals surface area contributed by atoms with Gasteiger partial charge in [0.15, 0.2) is 0 Å². The molecule has 0 aromatic heterocycles. The van der Waals surface area contributed by atoms with Crippen molar-refractivity contribution in [1.82, 2.24) is 0 Å². The molecular weight excluding hydrogens is 154 g/mol. The molecule has 3 nitrogen and oxygen atoms in total. The lowest BCUT2D eigenvalue weighted by molar-refractivity contribution is -0.149. The first-order valence-corrected chi connectivity index (χ1v) is 4.50. The van der Waals surface area contributed by atoms with Gasteiger partial charge in [-0.3, -0.25) is 4.79 Å². The molecule has 0 aromatic rings. The van der Waals surface area contributed by atoms with Crippen LogP contribution in [0.15, 0.2) is 0 Å². The lowest BCUT2D eigenvalue weighted by Crippen LogP contribution is -2.45. The predicted octanol–water partition coefficient (Wildman–Crippen LogP) is 1.46. The molecule has 0 aliphatic carbocycles. The van der Waals surface area contributed by atoms with Gasteiger partial charge in [0.2, 0.25) is 0 Å². The van der Waals surface area contributed by atoms with Gasteiger partial charge in [0, 0.05) is 0 Å². The number of nitrogens with two attached hydrogens (primary N) is 1. The number of rotatable bonds is 5. The van der Waals surface area contributed by atoms with Gasteiger partial charge >= 0.3 is 5.97 Å². The molecule has 0 radical (unpaired) electrons. The van der Waals surface area contributed by atoms with Crippen molar-refractivity contribution in [2.24, 2.45) is 5.73 Å². The topological polar surface area (TPSA) is 52.3 Å². The maximum atomic E-state index is 11.2. The van der Waals surface area contributed by atoms with Crippen LogP contribution in [-0.4, -0.2) is 18.1 Å². The minimum Gasteiger partial charge on any atom is -0.464 e. The van der Waals surface area contributed by atoms with Crippen molar-refractivity contribution in [3.8, 4) is 0 Å². The van der Waals surface area contributed by atoms with Gasteiger partial charge in [-0.1, -0.05) is 20.3 Å². The fraction of sp³-hybridized carbons (Fsp3) is 0.889. The number of hydrogen-bond acceptors (Lipinski definition) is 3. The van der Waals surface area contributed by atoms with Crippen LogP contribution in [0.5, 0.6) is 0 Å². The molecule has 0 aliphatic heterocycles. The zero-order valence-corrected chi connectivity index (χ0v) is 8.22. The van der Waals surface area contributed by atoms with Crippen molar-refractivity contribution in [2.45, 2.75) is 45.6 Å². The molecule has 0 spiro atoms. The summed E-state index contributed by atoms with van der Waals surface area (Å²) in [7, 11) is 0. The van der Waals surface area contributed by atoms with E-state index < -0.39 is 5.54 Å². The van der Waals surface area contributed by atoms with Crippen molar-refractivity contribution in [3.63, 3.8) is 0 Å². The minimum absolute atomic E-state index is 0.293. The highest BCUT2D eigenvalue weighted by Crippen LogP contribution is 2.07. The normalized spacial score (nSPS) is 15.3. The zero-order chi connectivity index (χ0) is 9.61. The van der Waals surface area contributed by atoms with Gasteiger partial charge in [0.1, 0.15) is 5.54 Å². The zero-order valence-electron chi connectivity index (χ0n) is 8.22. The van der Waals surface area contributed by atoms with Crippen LogP contribution in [0.25, 0.3) is 0 Å². The summed E-state index contributed by atoms with van der Waals surface area (Å²) < 4.78 is 4.97. The Morgan fingerprint density at radius 1 is 1.50 bits per heavy atom. The van der Waals surface area contributed by atoms with Crippen LogP contribution in [0.3, 0.4) is 0 Å². The fourth-order valence-electron chi connectivity index (χ4n) is 0.618. The quantitative estimate of drug-likeness (QED) is 0.506. The lowest BCUT2D eigenvalue weighted by atomic mass is 10.0. The summed E-state index contributed by atoms with van der Waals surface area (Å²) in [6.45, 7) is 6.11. The molecule has 12 heavy (non-hydrogen) atoms. The van der Waals surface area contributed by atoms with Gasteiger partial charge in [0.05, 0.1) is 6.61 Å². The Bertz CT molecular complexity index is 143. The summed E-state index contributed by atoms with van der Waals surface area (Å²) in [5, 5.41) is 0. The Balaban J connectivity index is 3.72. The predicted molar refractivity (Wildman–Crippen MR) is 48.8 cm³/mol. The molecular formula is C9H19NO2. The molecule has 0 bridgehead atoms. The van der Waals surface area contributed by atoms with Crippen LogP contribution in [0.2, 0.25) is 0 Å². The molecule has 72 valence electrons. The van der Waals surface area contributed by atoms with Crippen molar-refractivity contribution < 1.29 is 9.53 Å². The van der Waals surface area contributed by atoms with Crippen molar-refractivity contribution in [3.05, 3.63) is 0 Å².